The number of rotatable bonds is 5. The van der Waals surface area contributed by atoms with Gasteiger partial charge in [-0.3, -0.25) is 4.98 Å². The number of sulfonamides is 1. The van der Waals surface area contributed by atoms with Crippen LogP contribution in [0.2, 0.25) is 4.34 Å². The summed E-state index contributed by atoms with van der Waals surface area (Å²) in [6, 6.07) is 8.24. The number of aromatic nitrogens is 1. The zero-order chi connectivity index (χ0) is 15.7. The van der Waals surface area contributed by atoms with Gasteiger partial charge in [-0.2, -0.15) is 0 Å². The van der Waals surface area contributed by atoms with Crippen molar-refractivity contribution in [3.63, 3.8) is 0 Å². The Morgan fingerprint density at radius 3 is 2.82 bits per heavy atom. The molecule has 9 heteroatoms. The second-order valence-electron chi connectivity index (χ2n) is 4.55. The quantitative estimate of drug-likeness (QED) is 0.732. The van der Waals surface area contributed by atoms with Gasteiger partial charge in [-0.25, -0.2) is 17.9 Å². The average Bonchev–Trinajstić information content (AvgIpc) is 3.03. The number of benzene rings is 1. The summed E-state index contributed by atoms with van der Waals surface area (Å²) in [7, 11) is -3.54. The second kappa shape index (κ2) is 5.88. The van der Waals surface area contributed by atoms with Gasteiger partial charge in [0.2, 0.25) is 10.0 Å². The van der Waals surface area contributed by atoms with Crippen LogP contribution in [-0.2, 0) is 16.4 Å². The third kappa shape index (κ3) is 3.25. The summed E-state index contributed by atoms with van der Waals surface area (Å²) in [5.74, 6) is -0.512. The van der Waals surface area contributed by atoms with Gasteiger partial charge in [-0.05, 0) is 36.2 Å². The maximum atomic E-state index is 12.0. The van der Waals surface area contributed by atoms with Gasteiger partial charge in [0.25, 0.3) is 0 Å². The lowest BCUT2D eigenvalue weighted by molar-refractivity contribution is 0.555. The molecule has 0 atom stereocenters. The normalized spacial score (nSPS) is 12.0. The Morgan fingerprint density at radius 2 is 2.09 bits per heavy atom. The van der Waals surface area contributed by atoms with Gasteiger partial charge in [0.15, 0.2) is 5.58 Å². The molecule has 0 fully saturated rings. The van der Waals surface area contributed by atoms with Gasteiger partial charge in [-0.15, -0.1) is 11.3 Å². The molecule has 2 heterocycles. The van der Waals surface area contributed by atoms with Crippen molar-refractivity contribution in [3.8, 4) is 0 Å². The fourth-order valence-electron chi connectivity index (χ4n) is 2.00. The fraction of sp³-hybridized carbons (Fsp3) is 0.154. The van der Waals surface area contributed by atoms with E-state index in [1.165, 1.54) is 6.07 Å². The Morgan fingerprint density at radius 1 is 1.27 bits per heavy atom. The maximum absolute atomic E-state index is 12.0. The summed E-state index contributed by atoms with van der Waals surface area (Å²) in [6.45, 7) is 0.242. The van der Waals surface area contributed by atoms with Crippen LogP contribution in [0.25, 0.3) is 11.1 Å². The first-order chi connectivity index (χ1) is 10.4. The minimum absolute atomic E-state index is 0.187. The van der Waals surface area contributed by atoms with E-state index in [1.807, 2.05) is 0 Å². The molecule has 116 valence electrons. The van der Waals surface area contributed by atoms with Crippen molar-refractivity contribution < 1.29 is 12.8 Å². The van der Waals surface area contributed by atoms with Gasteiger partial charge in [0.1, 0.15) is 4.21 Å². The molecule has 0 unspecified atom stereocenters. The third-order valence-corrected chi connectivity index (χ3v) is 6.19. The van der Waals surface area contributed by atoms with E-state index in [9.17, 15) is 13.2 Å². The Labute approximate surface area is 134 Å². The van der Waals surface area contributed by atoms with Crippen LogP contribution in [0, 0.1) is 0 Å². The number of aromatic amines is 1. The summed E-state index contributed by atoms with van der Waals surface area (Å²) in [5, 5.41) is 0. The largest absolute Gasteiger partial charge is 0.417 e. The van der Waals surface area contributed by atoms with Crippen LogP contribution in [0.5, 0.6) is 0 Å². The van der Waals surface area contributed by atoms with Gasteiger partial charge in [-0.1, -0.05) is 17.7 Å². The van der Waals surface area contributed by atoms with Crippen LogP contribution >= 0.6 is 22.9 Å². The van der Waals surface area contributed by atoms with E-state index in [0.717, 1.165) is 16.9 Å². The van der Waals surface area contributed by atoms with E-state index >= 15 is 0 Å². The van der Waals surface area contributed by atoms with Crippen LogP contribution in [-0.4, -0.2) is 19.9 Å². The topological polar surface area (TPSA) is 92.2 Å². The molecule has 6 nitrogen and oxygen atoms in total. The molecule has 0 spiro atoms. The van der Waals surface area contributed by atoms with Crippen molar-refractivity contribution in [2.24, 2.45) is 0 Å². The fourth-order valence-corrected chi connectivity index (χ4v) is 4.56. The van der Waals surface area contributed by atoms with E-state index in [2.05, 4.69) is 9.71 Å². The van der Waals surface area contributed by atoms with Crippen molar-refractivity contribution in [1.82, 2.24) is 9.71 Å². The first-order valence-electron chi connectivity index (χ1n) is 6.31. The molecule has 3 aromatic rings. The minimum atomic E-state index is -3.54. The molecule has 0 aliphatic heterocycles. The van der Waals surface area contributed by atoms with E-state index in [0.29, 0.717) is 21.9 Å². The van der Waals surface area contributed by atoms with E-state index in [4.69, 9.17) is 16.0 Å². The molecule has 2 aromatic heterocycles. The molecule has 0 saturated heterocycles. The van der Waals surface area contributed by atoms with Gasteiger partial charge in [0.05, 0.1) is 9.85 Å². The Hall–Kier alpha value is -1.61. The number of hydrogen-bond donors (Lipinski definition) is 2. The van der Waals surface area contributed by atoms with Gasteiger partial charge in [0, 0.05) is 6.54 Å². The molecule has 0 aliphatic rings. The Bertz CT molecular complexity index is 971. The average molecular weight is 359 g/mol. The highest BCUT2D eigenvalue weighted by Gasteiger charge is 2.15. The first-order valence-corrected chi connectivity index (χ1v) is 8.98. The lowest BCUT2D eigenvalue weighted by Gasteiger charge is -2.04. The molecule has 0 amide bonds. The molecule has 1 aromatic carbocycles. The molecular weight excluding hydrogens is 348 g/mol. The minimum Gasteiger partial charge on any atom is -0.408 e. The highest BCUT2D eigenvalue weighted by atomic mass is 35.5. The number of hydrogen-bond acceptors (Lipinski definition) is 5. The van der Waals surface area contributed by atoms with Crippen LogP contribution in [0.15, 0.2) is 43.8 Å². The third-order valence-electron chi connectivity index (χ3n) is 3.00. The smallest absolute Gasteiger partial charge is 0.408 e. The Kier molecular flexibility index (Phi) is 4.09. The van der Waals surface area contributed by atoms with Crippen LogP contribution in [0.3, 0.4) is 0 Å². The summed E-state index contributed by atoms with van der Waals surface area (Å²) in [5.41, 5.74) is 1.95. The lowest BCUT2D eigenvalue weighted by Crippen LogP contribution is -2.25. The molecule has 0 radical (unpaired) electrons. The molecule has 3 rings (SSSR count). The summed E-state index contributed by atoms with van der Waals surface area (Å²) in [6.07, 6.45) is 0.488. The highest BCUT2D eigenvalue weighted by molar-refractivity contribution is 7.91. The molecule has 0 saturated carbocycles. The van der Waals surface area contributed by atoms with E-state index in [1.54, 1.807) is 24.3 Å². The van der Waals surface area contributed by atoms with Crippen LogP contribution < -0.4 is 10.5 Å². The zero-order valence-corrected chi connectivity index (χ0v) is 13.5. The van der Waals surface area contributed by atoms with Crippen molar-refractivity contribution in [1.29, 1.82) is 0 Å². The number of fused-ring (bicyclic) bond motifs is 1. The van der Waals surface area contributed by atoms with Crippen molar-refractivity contribution >= 4 is 44.1 Å². The van der Waals surface area contributed by atoms with E-state index < -0.39 is 15.8 Å². The molecule has 2 N–H and O–H groups in total. The van der Waals surface area contributed by atoms with Gasteiger partial charge >= 0.3 is 5.76 Å². The number of halogens is 1. The number of nitrogens with one attached hydrogen (secondary N) is 2. The second-order valence-corrected chi connectivity index (χ2v) is 8.26. The number of H-pyrrole nitrogens is 1. The van der Waals surface area contributed by atoms with Crippen molar-refractivity contribution in [2.75, 3.05) is 6.54 Å². The van der Waals surface area contributed by atoms with E-state index in [-0.39, 0.29) is 10.8 Å². The maximum Gasteiger partial charge on any atom is 0.417 e. The highest BCUT2D eigenvalue weighted by Crippen LogP contribution is 2.25. The SMILES string of the molecule is O=c1[nH]c2cc(CCNS(=O)(=O)c3ccc(Cl)s3)ccc2o1. The van der Waals surface area contributed by atoms with Gasteiger partial charge < -0.3 is 4.42 Å². The molecular formula is C13H11ClN2O4S2. The summed E-state index contributed by atoms with van der Waals surface area (Å²) < 4.78 is 32.1. The predicted molar refractivity (Wildman–Crippen MR) is 85.1 cm³/mol. The molecule has 0 aliphatic carbocycles. The van der Waals surface area contributed by atoms with Crippen LogP contribution in [0.4, 0.5) is 0 Å². The summed E-state index contributed by atoms with van der Waals surface area (Å²) in [4.78, 5) is 13.6. The predicted octanol–water partition coefficient (Wildman–Crippen LogP) is 2.36. The van der Waals surface area contributed by atoms with Crippen molar-refractivity contribution in [2.45, 2.75) is 10.6 Å². The zero-order valence-electron chi connectivity index (χ0n) is 11.1. The number of oxazole rings is 1. The number of thiophene rings is 1. The lowest BCUT2D eigenvalue weighted by atomic mass is 10.1. The molecule has 0 bridgehead atoms. The summed E-state index contributed by atoms with van der Waals surface area (Å²) >= 11 is 6.75. The monoisotopic (exact) mass is 358 g/mol. The van der Waals surface area contributed by atoms with Crippen molar-refractivity contribution in [3.05, 3.63) is 50.8 Å². The standard InChI is InChI=1S/C13H11ClN2O4S2/c14-11-3-4-12(21-11)22(18,19)15-6-5-8-1-2-10-9(7-8)16-13(17)20-10/h1-4,7,15H,5-6H2,(H,16,17). The van der Waals surface area contributed by atoms with Crippen LogP contribution in [0.1, 0.15) is 5.56 Å². The first kappa shape index (κ1) is 15.3. The Balaban J connectivity index is 1.67. The molecule has 22 heavy (non-hydrogen) atoms.